The number of ketones is 1. The summed E-state index contributed by atoms with van der Waals surface area (Å²) in [6.07, 6.45) is 0.481. The van der Waals surface area contributed by atoms with Crippen molar-refractivity contribution in [3.8, 4) is 5.75 Å². The first-order valence-electron chi connectivity index (χ1n) is 4.37. The van der Waals surface area contributed by atoms with Gasteiger partial charge in [0, 0.05) is 6.42 Å². The molecule has 14 heavy (non-hydrogen) atoms. The van der Waals surface area contributed by atoms with Crippen LogP contribution in [0.1, 0.15) is 18.1 Å². The molecule has 0 unspecified atom stereocenters. The molecule has 3 heteroatoms. The number of rotatable bonds is 3. The number of halogens is 1. The standard InChI is InChI=1S/C11H13BrO2/c1-7-4-11(14-3)10(12)6-9(7)5-8(2)13/h4,6H,5H2,1-3H3. The van der Waals surface area contributed by atoms with Crippen molar-refractivity contribution >= 4 is 21.7 Å². The van der Waals surface area contributed by atoms with Crippen LogP contribution in [0.15, 0.2) is 16.6 Å². The number of aryl methyl sites for hydroxylation is 1. The quantitative estimate of drug-likeness (QED) is 0.832. The van der Waals surface area contributed by atoms with Crippen molar-refractivity contribution in [3.63, 3.8) is 0 Å². The third-order valence-electron chi connectivity index (χ3n) is 2.05. The molecular weight excluding hydrogens is 244 g/mol. The molecule has 1 rings (SSSR count). The predicted molar refractivity (Wildman–Crippen MR) is 59.8 cm³/mol. The Balaban J connectivity index is 3.08. The van der Waals surface area contributed by atoms with Crippen molar-refractivity contribution in [1.29, 1.82) is 0 Å². The maximum absolute atomic E-state index is 11.0. The highest BCUT2D eigenvalue weighted by Gasteiger charge is 2.07. The second kappa shape index (κ2) is 4.60. The molecule has 0 saturated carbocycles. The Labute approximate surface area is 92.4 Å². The van der Waals surface area contributed by atoms with E-state index in [4.69, 9.17) is 4.74 Å². The number of ether oxygens (including phenoxy) is 1. The lowest BCUT2D eigenvalue weighted by molar-refractivity contribution is -0.116. The van der Waals surface area contributed by atoms with Gasteiger partial charge in [0.15, 0.2) is 0 Å². The van der Waals surface area contributed by atoms with Crippen molar-refractivity contribution in [2.24, 2.45) is 0 Å². The normalized spacial score (nSPS) is 10.0. The topological polar surface area (TPSA) is 26.3 Å². The number of hydrogen-bond donors (Lipinski definition) is 0. The van der Waals surface area contributed by atoms with E-state index < -0.39 is 0 Å². The fourth-order valence-corrected chi connectivity index (χ4v) is 1.86. The number of benzene rings is 1. The van der Waals surface area contributed by atoms with Crippen LogP contribution in [0.25, 0.3) is 0 Å². The van der Waals surface area contributed by atoms with Crippen molar-refractivity contribution < 1.29 is 9.53 Å². The molecule has 0 heterocycles. The molecule has 0 aliphatic carbocycles. The largest absolute Gasteiger partial charge is 0.496 e. The molecule has 0 amide bonds. The van der Waals surface area contributed by atoms with Crippen LogP contribution in [-0.2, 0) is 11.2 Å². The molecule has 0 aromatic heterocycles. The van der Waals surface area contributed by atoms with Crippen LogP contribution in [0.4, 0.5) is 0 Å². The Kier molecular flexibility index (Phi) is 3.69. The summed E-state index contributed by atoms with van der Waals surface area (Å²) in [6.45, 7) is 3.57. The van der Waals surface area contributed by atoms with E-state index in [2.05, 4.69) is 15.9 Å². The zero-order valence-electron chi connectivity index (χ0n) is 8.56. The van der Waals surface area contributed by atoms with Gasteiger partial charge in [0.05, 0.1) is 11.6 Å². The summed E-state index contributed by atoms with van der Waals surface area (Å²) in [5.41, 5.74) is 2.13. The van der Waals surface area contributed by atoms with Gasteiger partial charge in [-0.2, -0.15) is 0 Å². The lowest BCUT2D eigenvalue weighted by Crippen LogP contribution is -1.99. The Hall–Kier alpha value is -0.830. The minimum atomic E-state index is 0.171. The molecule has 0 N–H and O–H groups in total. The Morgan fingerprint density at radius 2 is 2.14 bits per heavy atom. The van der Waals surface area contributed by atoms with Gasteiger partial charge in [-0.3, -0.25) is 4.79 Å². The maximum Gasteiger partial charge on any atom is 0.134 e. The first-order chi connectivity index (χ1) is 6.54. The van der Waals surface area contributed by atoms with E-state index in [1.54, 1.807) is 14.0 Å². The Bertz CT molecular complexity index is 359. The van der Waals surface area contributed by atoms with E-state index >= 15 is 0 Å². The predicted octanol–water partition coefficient (Wildman–Crippen LogP) is 2.90. The molecule has 0 fully saturated rings. The molecular formula is C11H13BrO2. The average Bonchev–Trinajstić information content (AvgIpc) is 2.10. The molecule has 0 bridgehead atoms. The zero-order valence-corrected chi connectivity index (χ0v) is 10.1. The molecule has 0 radical (unpaired) electrons. The summed E-state index contributed by atoms with van der Waals surface area (Å²) in [7, 11) is 1.63. The van der Waals surface area contributed by atoms with E-state index in [-0.39, 0.29) is 5.78 Å². The second-order valence-electron chi connectivity index (χ2n) is 3.29. The molecule has 0 atom stereocenters. The van der Waals surface area contributed by atoms with Crippen LogP contribution in [0, 0.1) is 6.92 Å². The van der Waals surface area contributed by atoms with E-state index in [1.165, 1.54) is 0 Å². The number of carbonyl (C=O) groups excluding carboxylic acids is 1. The zero-order chi connectivity index (χ0) is 10.7. The van der Waals surface area contributed by atoms with E-state index in [9.17, 15) is 4.79 Å². The van der Waals surface area contributed by atoms with Crippen LogP contribution < -0.4 is 4.74 Å². The number of carbonyl (C=O) groups is 1. The number of hydrogen-bond acceptors (Lipinski definition) is 2. The molecule has 0 aliphatic heterocycles. The van der Waals surface area contributed by atoms with Gasteiger partial charge in [-0.15, -0.1) is 0 Å². The Morgan fingerprint density at radius 1 is 1.50 bits per heavy atom. The summed E-state index contributed by atoms with van der Waals surface area (Å²) in [6, 6.07) is 3.87. The first-order valence-corrected chi connectivity index (χ1v) is 5.16. The summed E-state index contributed by atoms with van der Waals surface area (Å²) < 4.78 is 6.04. The lowest BCUT2D eigenvalue weighted by Gasteiger charge is -2.08. The maximum atomic E-state index is 11.0. The highest BCUT2D eigenvalue weighted by Crippen LogP contribution is 2.28. The van der Waals surface area contributed by atoms with Crippen LogP contribution >= 0.6 is 15.9 Å². The van der Waals surface area contributed by atoms with E-state index in [0.717, 1.165) is 21.3 Å². The molecule has 1 aromatic rings. The highest BCUT2D eigenvalue weighted by molar-refractivity contribution is 9.10. The van der Waals surface area contributed by atoms with Crippen molar-refractivity contribution in [1.82, 2.24) is 0 Å². The summed E-state index contributed by atoms with van der Waals surface area (Å²) in [5, 5.41) is 0. The molecule has 0 spiro atoms. The van der Waals surface area contributed by atoms with E-state index in [0.29, 0.717) is 6.42 Å². The highest BCUT2D eigenvalue weighted by atomic mass is 79.9. The monoisotopic (exact) mass is 256 g/mol. The van der Waals surface area contributed by atoms with Crippen molar-refractivity contribution in [2.45, 2.75) is 20.3 Å². The molecule has 76 valence electrons. The van der Waals surface area contributed by atoms with Gasteiger partial charge in [-0.25, -0.2) is 0 Å². The summed E-state index contributed by atoms with van der Waals surface area (Å²) in [4.78, 5) is 11.0. The summed E-state index contributed by atoms with van der Waals surface area (Å²) >= 11 is 3.40. The average molecular weight is 257 g/mol. The third kappa shape index (κ3) is 2.58. The van der Waals surface area contributed by atoms with Crippen LogP contribution in [0.3, 0.4) is 0 Å². The third-order valence-corrected chi connectivity index (χ3v) is 2.67. The number of methoxy groups -OCH3 is 1. The minimum absolute atomic E-state index is 0.171. The summed E-state index contributed by atoms with van der Waals surface area (Å²) in [5.74, 6) is 0.972. The van der Waals surface area contributed by atoms with Crippen LogP contribution in [0.2, 0.25) is 0 Å². The fraction of sp³-hybridized carbons (Fsp3) is 0.364. The van der Waals surface area contributed by atoms with Crippen LogP contribution in [0.5, 0.6) is 5.75 Å². The molecule has 1 aromatic carbocycles. The van der Waals surface area contributed by atoms with E-state index in [1.807, 2.05) is 19.1 Å². The molecule has 2 nitrogen and oxygen atoms in total. The van der Waals surface area contributed by atoms with Gasteiger partial charge in [0.25, 0.3) is 0 Å². The van der Waals surface area contributed by atoms with Crippen molar-refractivity contribution in [2.75, 3.05) is 7.11 Å². The van der Waals surface area contributed by atoms with Gasteiger partial charge >= 0.3 is 0 Å². The van der Waals surface area contributed by atoms with Gasteiger partial charge in [-0.1, -0.05) is 0 Å². The Morgan fingerprint density at radius 3 is 2.64 bits per heavy atom. The number of Topliss-reactive ketones (excluding diaryl/α,β-unsaturated/α-hetero) is 1. The first kappa shape index (κ1) is 11.2. The van der Waals surface area contributed by atoms with Gasteiger partial charge in [-0.05, 0) is 53.0 Å². The smallest absolute Gasteiger partial charge is 0.134 e. The minimum Gasteiger partial charge on any atom is -0.496 e. The lowest BCUT2D eigenvalue weighted by atomic mass is 10.0. The van der Waals surface area contributed by atoms with Crippen molar-refractivity contribution in [3.05, 3.63) is 27.7 Å². The van der Waals surface area contributed by atoms with Gasteiger partial charge < -0.3 is 4.74 Å². The molecule has 0 saturated heterocycles. The van der Waals surface area contributed by atoms with Gasteiger partial charge in [0.2, 0.25) is 0 Å². The second-order valence-corrected chi connectivity index (χ2v) is 4.15. The van der Waals surface area contributed by atoms with Gasteiger partial charge in [0.1, 0.15) is 11.5 Å². The SMILES string of the molecule is COc1cc(C)c(CC(C)=O)cc1Br. The molecule has 0 aliphatic rings. The van der Waals surface area contributed by atoms with Crippen LogP contribution in [-0.4, -0.2) is 12.9 Å². The fourth-order valence-electron chi connectivity index (χ4n) is 1.31.